The Morgan fingerprint density at radius 3 is 2.48 bits per heavy atom. The molecular formula is C19H23Cl2NO3. The van der Waals surface area contributed by atoms with Crippen molar-refractivity contribution in [1.82, 2.24) is 5.32 Å². The average Bonchev–Trinajstić information content (AvgIpc) is 2.60. The Labute approximate surface area is 158 Å². The van der Waals surface area contributed by atoms with Gasteiger partial charge in [0.25, 0.3) is 0 Å². The molecule has 0 unspecified atom stereocenters. The van der Waals surface area contributed by atoms with Crippen molar-refractivity contribution in [3.63, 3.8) is 0 Å². The molecule has 4 nitrogen and oxygen atoms in total. The first-order valence-corrected chi connectivity index (χ1v) is 8.70. The summed E-state index contributed by atoms with van der Waals surface area (Å²) in [6.45, 7) is 4.73. The maximum Gasteiger partial charge on any atom is 0.180 e. The fraction of sp³-hybridized carbons (Fsp3) is 0.368. The maximum absolute atomic E-state index is 9.33. The van der Waals surface area contributed by atoms with E-state index in [1.54, 1.807) is 7.11 Å². The van der Waals surface area contributed by atoms with Crippen molar-refractivity contribution in [3.8, 4) is 11.5 Å². The van der Waals surface area contributed by atoms with Crippen LogP contribution in [-0.2, 0) is 13.2 Å². The summed E-state index contributed by atoms with van der Waals surface area (Å²) in [5, 5.41) is 13.7. The average molecular weight is 384 g/mol. The van der Waals surface area contributed by atoms with Gasteiger partial charge in [-0.3, -0.25) is 0 Å². The molecule has 0 bridgehead atoms. The lowest BCUT2D eigenvalue weighted by atomic mass is 10.1. The minimum absolute atomic E-state index is 0.0386. The van der Waals surface area contributed by atoms with Gasteiger partial charge in [0, 0.05) is 22.7 Å². The fourth-order valence-electron chi connectivity index (χ4n) is 2.18. The predicted molar refractivity (Wildman–Crippen MR) is 102 cm³/mol. The highest BCUT2D eigenvalue weighted by atomic mass is 35.5. The van der Waals surface area contributed by atoms with Crippen molar-refractivity contribution in [2.45, 2.75) is 32.5 Å². The van der Waals surface area contributed by atoms with Crippen molar-refractivity contribution in [2.24, 2.45) is 0 Å². The monoisotopic (exact) mass is 383 g/mol. The predicted octanol–water partition coefficient (Wildman–Crippen LogP) is 4.44. The smallest absolute Gasteiger partial charge is 0.180 e. The van der Waals surface area contributed by atoms with E-state index in [2.05, 4.69) is 5.32 Å². The number of methoxy groups -OCH3 is 1. The van der Waals surface area contributed by atoms with E-state index >= 15 is 0 Å². The first kappa shape index (κ1) is 19.9. The van der Waals surface area contributed by atoms with Crippen LogP contribution in [0.4, 0.5) is 0 Å². The summed E-state index contributed by atoms with van der Waals surface area (Å²) in [4.78, 5) is 0. The zero-order chi connectivity index (χ0) is 18.4. The Bertz CT molecular complexity index is 720. The second-order valence-electron chi connectivity index (χ2n) is 6.38. The van der Waals surface area contributed by atoms with Gasteiger partial charge >= 0.3 is 0 Å². The molecule has 0 aliphatic heterocycles. The molecule has 2 aromatic carbocycles. The summed E-state index contributed by atoms with van der Waals surface area (Å²) in [6.07, 6.45) is 0. The van der Waals surface area contributed by atoms with Crippen LogP contribution in [0.15, 0.2) is 36.4 Å². The van der Waals surface area contributed by atoms with Gasteiger partial charge < -0.3 is 19.9 Å². The highest BCUT2D eigenvalue weighted by Crippen LogP contribution is 2.37. The van der Waals surface area contributed by atoms with E-state index < -0.39 is 0 Å². The lowest BCUT2D eigenvalue weighted by molar-refractivity contribution is 0.187. The molecule has 0 fully saturated rings. The van der Waals surface area contributed by atoms with E-state index in [1.807, 2.05) is 50.2 Å². The molecule has 0 saturated heterocycles. The van der Waals surface area contributed by atoms with Crippen LogP contribution in [0.2, 0.25) is 10.0 Å². The molecule has 0 radical (unpaired) electrons. The van der Waals surface area contributed by atoms with Crippen molar-refractivity contribution >= 4 is 23.2 Å². The van der Waals surface area contributed by atoms with Crippen LogP contribution < -0.4 is 14.8 Å². The second kappa shape index (κ2) is 8.77. The third kappa shape index (κ3) is 5.51. The van der Waals surface area contributed by atoms with Crippen LogP contribution in [-0.4, -0.2) is 24.4 Å². The molecule has 0 aliphatic rings. The summed E-state index contributed by atoms with van der Waals surface area (Å²) in [5.74, 6) is 1.03. The molecule has 0 atom stereocenters. The molecule has 2 aromatic rings. The highest BCUT2D eigenvalue weighted by molar-refractivity contribution is 6.32. The van der Waals surface area contributed by atoms with Crippen LogP contribution in [0.25, 0.3) is 0 Å². The van der Waals surface area contributed by atoms with Crippen molar-refractivity contribution in [1.29, 1.82) is 0 Å². The minimum atomic E-state index is -0.376. The van der Waals surface area contributed by atoms with Gasteiger partial charge in [0.05, 0.1) is 18.7 Å². The Kier molecular flexibility index (Phi) is 6.96. The van der Waals surface area contributed by atoms with Gasteiger partial charge in [-0.2, -0.15) is 0 Å². The van der Waals surface area contributed by atoms with Crippen LogP contribution in [0.3, 0.4) is 0 Å². The normalized spacial score (nSPS) is 11.4. The first-order valence-electron chi connectivity index (χ1n) is 7.95. The summed E-state index contributed by atoms with van der Waals surface area (Å²) >= 11 is 12.5. The van der Waals surface area contributed by atoms with Gasteiger partial charge in [0.1, 0.15) is 6.61 Å². The van der Waals surface area contributed by atoms with Crippen molar-refractivity contribution < 1.29 is 14.6 Å². The van der Waals surface area contributed by atoms with E-state index in [1.165, 1.54) is 0 Å². The van der Waals surface area contributed by atoms with Gasteiger partial charge in [-0.05, 0) is 37.6 Å². The topological polar surface area (TPSA) is 50.7 Å². The largest absolute Gasteiger partial charge is 0.493 e. The number of hydrogen-bond acceptors (Lipinski definition) is 4. The van der Waals surface area contributed by atoms with Crippen LogP contribution in [0.5, 0.6) is 11.5 Å². The lowest BCUT2D eigenvalue weighted by Crippen LogP contribution is -2.42. The quantitative estimate of drug-likeness (QED) is 0.707. The molecule has 136 valence electrons. The summed E-state index contributed by atoms with van der Waals surface area (Å²) < 4.78 is 11.3. The second-order valence-corrected chi connectivity index (χ2v) is 7.20. The summed E-state index contributed by atoms with van der Waals surface area (Å²) in [7, 11) is 1.57. The molecule has 0 amide bonds. The SMILES string of the molecule is COc1cc(CNC(C)(C)CO)cc(Cl)c1OCc1ccccc1Cl. The van der Waals surface area contributed by atoms with E-state index in [9.17, 15) is 5.11 Å². The van der Waals surface area contributed by atoms with E-state index in [-0.39, 0.29) is 12.1 Å². The highest BCUT2D eigenvalue weighted by Gasteiger charge is 2.17. The van der Waals surface area contributed by atoms with E-state index in [0.29, 0.717) is 34.7 Å². The third-order valence-corrected chi connectivity index (χ3v) is 4.43. The molecule has 0 aliphatic carbocycles. The number of benzene rings is 2. The summed E-state index contributed by atoms with van der Waals surface area (Å²) in [6, 6.07) is 11.2. The number of halogens is 2. The lowest BCUT2D eigenvalue weighted by Gasteiger charge is -2.24. The number of rotatable bonds is 8. The number of hydrogen-bond donors (Lipinski definition) is 2. The molecule has 25 heavy (non-hydrogen) atoms. The van der Waals surface area contributed by atoms with Crippen molar-refractivity contribution in [3.05, 3.63) is 57.6 Å². The minimum Gasteiger partial charge on any atom is -0.493 e. The Morgan fingerprint density at radius 1 is 1.12 bits per heavy atom. The van der Waals surface area contributed by atoms with Gasteiger partial charge in [-0.15, -0.1) is 0 Å². The Morgan fingerprint density at radius 2 is 1.84 bits per heavy atom. The molecule has 6 heteroatoms. The molecule has 0 spiro atoms. The Hall–Kier alpha value is -1.46. The number of ether oxygens (including phenoxy) is 2. The number of aliphatic hydroxyl groups excluding tert-OH is 1. The van der Waals surface area contributed by atoms with Gasteiger partial charge in [-0.1, -0.05) is 41.4 Å². The van der Waals surface area contributed by atoms with Crippen LogP contribution in [0.1, 0.15) is 25.0 Å². The van der Waals surface area contributed by atoms with E-state index in [0.717, 1.165) is 11.1 Å². The first-order chi connectivity index (χ1) is 11.9. The van der Waals surface area contributed by atoms with Crippen molar-refractivity contribution in [2.75, 3.05) is 13.7 Å². The molecule has 0 saturated carbocycles. The molecule has 0 aromatic heterocycles. The van der Waals surface area contributed by atoms with Crippen LogP contribution >= 0.6 is 23.2 Å². The zero-order valence-electron chi connectivity index (χ0n) is 14.6. The standard InChI is InChI=1S/C19H23Cl2NO3/c1-19(2,12-23)22-10-13-8-16(21)18(17(9-13)24-3)25-11-14-6-4-5-7-15(14)20/h4-9,22-23H,10-12H2,1-3H3. The molecule has 0 heterocycles. The van der Waals surface area contributed by atoms with Gasteiger partial charge in [0.15, 0.2) is 11.5 Å². The molecule has 2 N–H and O–H groups in total. The van der Waals surface area contributed by atoms with Crippen LogP contribution in [0, 0.1) is 0 Å². The molecular weight excluding hydrogens is 361 g/mol. The van der Waals surface area contributed by atoms with Gasteiger partial charge in [-0.25, -0.2) is 0 Å². The number of nitrogens with one attached hydrogen (secondary N) is 1. The maximum atomic E-state index is 9.33. The zero-order valence-corrected chi connectivity index (χ0v) is 16.1. The van der Waals surface area contributed by atoms with E-state index in [4.69, 9.17) is 32.7 Å². The fourth-order valence-corrected chi connectivity index (χ4v) is 2.66. The molecule has 2 rings (SSSR count). The van der Waals surface area contributed by atoms with Gasteiger partial charge in [0.2, 0.25) is 0 Å². The Balaban J connectivity index is 2.15. The third-order valence-electron chi connectivity index (χ3n) is 3.79. The summed E-state index contributed by atoms with van der Waals surface area (Å²) in [5.41, 5.74) is 1.44. The number of aliphatic hydroxyl groups is 1.